The van der Waals surface area contributed by atoms with E-state index in [4.69, 9.17) is 5.73 Å². The van der Waals surface area contributed by atoms with E-state index in [1.165, 1.54) is 12.3 Å². The van der Waals surface area contributed by atoms with Crippen molar-refractivity contribution in [2.75, 3.05) is 5.73 Å². The van der Waals surface area contributed by atoms with Gasteiger partial charge < -0.3 is 5.73 Å². The fraction of sp³-hybridized carbons (Fsp3) is 0.188. The summed E-state index contributed by atoms with van der Waals surface area (Å²) < 4.78 is 38.0. The molecule has 23 heavy (non-hydrogen) atoms. The molecule has 1 aromatic carbocycles. The fourth-order valence-corrected chi connectivity index (χ4v) is 2.29. The molecule has 0 atom stereocenters. The smallest absolute Gasteiger partial charge is 0.399 e. The van der Waals surface area contributed by atoms with E-state index >= 15 is 0 Å². The highest BCUT2D eigenvalue weighted by atomic mass is 19.4. The molecule has 7 heteroatoms. The molecule has 0 radical (unpaired) electrons. The van der Waals surface area contributed by atoms with Gasteiger partial charge in [0.05, 0.1) is 11.7 Å². The third-order valence-electron chi connectivity index (χ3n) is 3.80. The van der Waals surface area contributed by atoms with Crippen molar-refractivity contribution in [1.82, 2.24) is 15.0 Å². The third-order valence-corrected chi connectivity index (χ3v) is 3.80. The van der Waals surface area contributed by atoms with E-state index in [2.05, 4.69) is 15.0 Å². The Hall–Kier alpha value is -2.70. The molecule has 4 nitrogen and oxygen atoms in total. The van der Waals surface area contributed by atoms with Gasteiger partial charge in [-0.2, -0.15) is 13.2 Å². The van der Waals surface area contributed by atoms with Crippen molar-refractivity contribution >= 4 is 16.7 Å². The van der Waals surface area contributed by atoms with E-state index in [0.29, 0.717) is 17.0 Å². The normalized spacial score (nSPS) is 11.9. The molecule has 2 aromatic heterocycles. The Morgan fingerprint density at radius 3 is 2.35 bits per heavy atom. The molecule has 0 bridgehead atoms. The zero-order valence-electron chi connectivity index (χ0n) is 12.4. The van der Waals surface area contributed by atoms with E-state index in [1.807, 2.05) is 13.8 Å². The number of halogens is 3. The van der Waals surface area contributed by atoms with E-state index in [-0.39, 0.29) is 5.52 Å². The Morgan fingerprint density at radius 2 is 1.65 bits per heavy atom. The summed E-state index contributed by atoms with van der Waals surface area (Å²) >= 11 is 0. The molecule has 2 N–H and O–H groups in total. The number of alkyl halides is 3. The number of nitrogens with two attached hydrogens (primary N) is 1. The van der Waals surface area contributed by atoms with Crippen molar-refractivity contribution in [2.24, 2.45) is 0 Å². The molecule has 0 aliphatic carbocycles. The third kappa shape index (κ3) is 2.69. The minimum absolute atomic E-state index is 0.105. The van der Waals surface area contributed by atoms with Gasteiger partial charge >= 0.3 is 6.18 Å². The monoisotopic (exact) mass is 318 g/mol. The lowest BCUT2D eigenvalue weighted by molar-refractivity contribution is -0.140. The van der Waals surface area contributed by atoms with Crippen LogP contribution < -0.4 is 5.73 Å². The van der Waals surface area contributed by atoms with Crippen LogP contribution in [0.25, 0.3) is 22.4 Å². The largest absolute Gasteiger partial charge is 0.433 e. The average molecular weight is 318 g/mol. The zero-order chi connectivity index (χ0) is 16.8. The number of rotatable bonds is 1. The van der Waals surface area contributed by atoms with Crippen molar-refractivity contribution in [1.29, 1.82) is 0 Å². The van der Waals surface area contributed by atoms with Gasteiger partial charge in [0.2, 0.25) is 0 Å². The van der Waals surface area contributed by atoms with Gasteiger partial charge in [0.1, 0.15) is 11.2 Å². The lowest BCUT2D eigenvalue weighted by Gasteiger charge is -2.11. The highest BCUT2D eigenvalue weighted by Crippen LogP contribution is 2.30. The van der Waals surface area contributed by atoms with E-state index in [1.54, 1.807) is 12.1 Å². The van der Waals surface area contributed by atoms with Gasteiger partial charge in [0.25, 0.3) is 0 Å². The SMILES string of the molecule is Cc1c(N)ccc(-c2ncc3nc(C(F)(F)F)ccc3n2)c1C. The molecule has 0 aliphatic heterocycles. The number of pyridine rings is 1. The van der Waals surface area contributed by atoms with Gasteiger partial charge in [0, 0.05) is 11.3 Å². The highest BCUT2D eigenvalue weighted by Gasteiger charge is 2.32. The number of nitrogens with zero attached hydrogens (tertiary/aromatic N) is 3. The Kier molecular flexibility index (Phi) is 3.43. The molecular formula is C16H13F3N4. The summed E-state index contributed by atoms with van der Waals surface area (Å²) in [5.74, 6) is 0.430. The average Bonchev–Trinajstić information content (AvgIpc) is 2.51. The second-order valence-corrected chi connectivity index (χ2v) is 5.24. The molecule has 0 unspecified atom stereocenters. The predicted octanol–water partition coefficient (Wildman–Crippen LogP) is 3.91. The molecule has 0 spiro atoms. The van der Waals surface area contributed by atoms with Gasteiger partial charge in [-0.15, -0.1) is 0 Å². The van der Waals surface area contributed by atoms with E-state index < -0.39 is 11.9 Å². The molecule has 0 aliphatic rings. The molecular weight excluding hydrogens is 305 g/mol. The second kappa shape index (κ2) is 5.19. The first-order chi connectivity index (χ1) is 10.8. The zero-order valence-corrected chi connectivity index (χ0v) is 12.4. The highest BCUT2D eigenvalue weighted by molar-refractivity contribution is 5.77. The van der Waals surface area contributed by atoms with Gasteiger partial charge in [-0.25, -0.2) is 15.0 Å². The van der Waals surface area contributed by atoms with E-state index in [9.17, 15) is 13.2 Å². The molecule has 0 saturated heterocycles. The van der Waals surface area contributed by atoms with Crippen LogP contribution in [0.5, 0.6) is 0 Å². The minimum atomic E-state index is -4.49. The fourth-order valence-electron chi connectivity index (χ4n) is 2.29. The summed E-state index contributed by atoms with van der Waals surface area (Å²) in [7, 11) is 0. The van der Waals surface area contributed by atoms with Crippen molar-refractivity contribution in [2.45, 2.75) is 20.0 Å². The van der Waals surface area contributed by atoms with E-state index in [0.717, 1.165) is 22.8 Å². The van der Waals surface area contributed by atoms with Crippen LogP contribution in [-0.4, -0.2) is 15.0 Å². The molecule has 3 aromatic rings. The Balaban J connectivity index is 2.13. The summed E-state index contributed by atoms with van der Waals surface area (Å²) in [6, 6.07) is 5.78. The maximum atomic E-state index is 12.7. The summed E-state index contributed by atoms with van der Waals surface area (Å²) in [4.78, 5) is 12.0. The van der Waals surface area contributed by atoms with Gasteiger partial charge in [-0.3, -0.25) is 0 Å². The summed E-state index contributed by atoms with van der Waals surface area (Å²) in [6.45, 7) is 3.80. The number of fused-ring (bicyclic) bond motifs is 1. The Bertz CT molecular complexity index is 904. The lowest BCUT2D eigenvalue weighted by Crippen LogP contribution is -2.08. The van der Waals surface area contributed by atoms with Crippen molar-refractivity contribution < 1.29 is 13.2 Å². The Labute approximate surface area is 130 Å². The van der Waals surface area contributed by atoms with Crippen LogP contribution in [0.4, 0.5) is 18.9 Å². The number of benzene rings is 1. The summed E-state index contributed by atoms with van der Waals surface area (Å²) in [5.41, 5.74) is 8.69. The molecule has 0 saturated carbocycles. The number of hydrogen-bond donors (Lipinski definition) is 1. The predicted molar refractivity (Wildman–Crippen MR) is 81.7 cm³/mol. The number of hydrogen-bond acceptors (Lipinski definition) is 4. The van der Waals surface area contributed by atoms with Gasteiger partial charge in [0.15, 0.2) is 5.82 Å². The van der Waals surface area contributed by atoms with Crippen LogP contribution in [0.1, 0.15) is 16.8 Å². The number of aromatic nitrogens is 3. The molecule has 2 heterocycles. The first-order valence-corrected chi connectivity index (χ1v) is 6.84. The van der Waals surface area contributed by atoms with Crippen LogP contribution in [-0.2, 0) is 6.18 Å². The molecule has 0 amide bonds. The molecule has 118 valence electrons. The maximum Gasteiger partial charge on any atom is 0.433 e. The number of anilines is 1. The lowest BCUT2D eigenvalue weighted by atomic mass is 10.0. The van der Waals surface area contributed by atoms with Crippen molar-refractivity contribution in [3.05, 3.63) is 47.3 Å². The molecule has 0 fully saturated rings. The molecule has 3 rings (SSSR count). The topological polar surface area (TPSA) is 64.7 Å². The quantitative estimate of drug-likeness (QED) is 0.691. The van der Waals surface area contributed by atoms with Crippen LogP contribution in [0.2, 0.25) is 0 Å². The summed E-state index contributed by atoms with van der Waals surface area (Å²) in [5, 5.41) is 0. The second-order valence-electron chi connectivity index (χ2n) is 5.24. The van der Waals surface area contributed by atoms with Crippen LogP contribution >= 0.6 is 0 Å². The standard InChI is InChI=1S/C16H13F3N4/c1-8-9(2)11(20)4-3-10(8)15-21-7-13-12(23-15)5-6-14(22-13)16(17,18)19/h3-7H,20H2,1-2H3. The number of nitrogen functional groups attached to an aromatic ring is 1. The Morgan fingerprint density at radius 1 is 0.913 bits per heavy atom. The first kappa shape index (κ1) is 15.2. The van der Waals surface area contributed by atoms with Gasteiger partial charge in [-0.1, -0.05) is 0 Å². The van der Waals surface area contributed by atoms with Crippen LogP contribution in [0.3, 0.4) is 0 Å². The van der Waals surface area contributed by atoms with Crippen molar-refractivity contribution in [3.63, 3.8) is 0 Å². The maximum absolute atomic E-state index is 12.7. The minimum Gasteiger partial charge on any atom is -0.399 e. The first-order valence-electron chi connectivity index (χ1n) is 6.84. The summed E-state index contributed by atoms with van der Waals surface area (Å²) in [6.07, 6.45) is -3.18. The van der Waals surface area contributed by atoms with Crippen molar-refractivity contribution in [3.8, 4) is 11.4 Å². The van der Waals surface area contributed by atoms with Crippen LogP contribution in [0.15, 0.2) is 30.5 Å². The van der Waals surface area contributed by atoms with Crippen LogP contribution in [0, 0.1) is 13.8 Å². The van der Waals surface area contributed by atoms with Gasteiger partial charge in [-0.05, 0) is 49.2 Å².